The molecule has 718 valence electrons. The number of H-pyrrole nitrogens is 1. The van der Waals surface area contributed by atoms with E-state index in [1.54, 1.807) is 127 Å². The second-order valence-corrected chi connectivity index (χ2v) is 35.4. The summed E-state index contributed by atoms with van der Waals surface area (Å²) in [5.41, 5.74) is 20.8. The van der Waals surface area contributed by atoms with Gasteiger partial charge in [-0.15, -0.1) is 11.8 Å². The molecule has 0 spiro atoms. The number of phenolic OH excluding ortho intramolecular Hbond substituents is 1. The molecule has 6 aromatic rings. The predicted molar refractivity (Wildman–Crippen MR) is 492 cm³/mol. The topological polar surface area (TPSA) is 625 Å². The van der Waals surface area contributed by atoms with Gasteiger partial charge >= 0.3 is 5.97 Å². The maximum atomic E-state index is 15.4. The number of aromatic nitrogens is 1. The molecule has 1 aliphatic rings. The fourth-order valence-corrected chi connectivity index (χ4v) is 15.4. The molecule has 1 fully saturated rings. The maximum absolute atomic E-state index is 15.4. The summed E-state index contributed by atoms with van der Waals surface area (Å²) in [7, 11) is 2.47. The fraction of sp³-hybridized carbons (Fsp3) is 0.457. The van der Waals surface area contributed by atoms with E-state index in [2.05, 4.69) is 74.1 Å². The second-order valence-electron chi connectivity index (χ2n) is 34.3. The molecule has 1 aliphatic heterocycles. The van der Waals surface area contributed by atoms with Crippen molar-refractivity contribution in [3.05, 3.63) is 162 Å². The molecule has 5 aromatic carbocycles. The summed E-state index contributed by atoms with van der Waals surface area (Å²) in [5, 5.41) is 65.3. The van der Waals surface area contributed by atoms with E-state index < -0.39 is 259 Å². The number of hydrogen-bond donors (Lipinski definition) is 20. The molecule has 0 aliphatic carbocycles. The number of nitrogens with zero attached hydrogens (tertiary/aromatic N) is 2. The van der Waals surface area contributed by atoms with Gasteiger partial charge < -0.3 is 116 Å². The van der Waals surface area contributed by atoms with Gasteiger partial charge in [0.25, 0.3) is 0 Å². The third-order valence-electron chi connectivity index (χ3n) is 21.9. The van der Waals surface area contributed by atoms with Gasteiger partial charge in [0.05, 0.1) is 31.7 Å². The van der Waals surface area contributed by atoms with Gasteiger partial charge in [0, 0.05) is 69.2 Å². The molecular weight excluding hydrogens is 1740 g/mol. The first-order valence-corrected chi connectivity index (χ1v) is 44.7. The lowest BCUT2D eigenvalue weighted by Gasteiger charge is -2.33. The number of primary amides is 2. The lowest BCUT2D eigenvalue weighted by molar-refractivity contribution is -0.147. The van der Waals surface area contributed by atoms with Crippen molar-refractivity contribution in [1.82, 2.24) is 83.9 Å². The van der Waals surface area contributed by atoms with Gasteiger partial charge in [0.2, 0.25) is 100 Å². The Hall–Kier alpha value is -13.8. The highest BCUT2D eigenvalue weighted by atomic mass is 32.2. The quantitative estimate of drug-likeness (QED) is 0.0323. The number of aromatic hydroxyl groups is 1. The van der Waals surface area contributed by atoms with Crippen molar-refractivity contribution in [3.63, 3.8) is 0 Å². The average molecular weight is 1860 g/mol. The van der Waals surface area contributed by atoms with Crippen molar-refractivity contribution in [2.45, 2.75) is 198 Å². The van der Waals surface area contributed by atoms with Crippen LogP contribution in [0.25, 0.3) is 22.0 Å². The monoisotopic (exact) mass is 1860 g/mol. The van der Waals surface area contributed by atoms with E-state index in [-0.39, 0.29) is 49.3 Å². The van der Waals surface area contributed by atoms with Crippen LogP contribution in [-0.2, 0) is 112 Å². The summed E-state index contributed by atoms with van der Waals surface area (Å²) in [4.78, 5) is 264. The van der Waals surface area contributed by atoms with Crippen molar-refractivity contribution in [2.24, 2.45) is 40.9 Å². The Morgan fingerprint density at radius 3 is 1.40 bits per heavy atom. The summed E-state index contributed by atoms with van der Waals surface area (Å²) in [6.07, 6.45) is -2.00. The number of aromatic amines is 1. The summed E-state index contributed by atoms with van der Waals surface area (Å²) in [6, 6.07) is 13.6. The lowest BCUT2D eigenvalue weighted by Crippen LogP contribution is -2.62. The first-order chi connectivity index (χ1) is 62.9. The highest BCUT2D eigenvalue weighted by molar-refractivity contribution is 8.00. The van der Waals surface area contributed by atoms with E-state index in [0.717, 1.165) is 20.9 Å². The Labute approximate surface area is 774 Å². The lowest BCUT2D eigenvalue weighted by atomic mass is 9.97. The van der Waals surface area contributed by atoms with Gasteiger partial charge in [-0.3, -0.25) is 86.3 Å². The van der Waals surface area contributed by atoms with Gasteiger partial charge in [-0.25, -0.2) is 0 Å². The van der Waals surface area contributed by atoms with Crippen LogP contribution in [0.4, 0.5) is 0 Å². The van der Waals surface area contributed by atoms with Crippen LogP contribution in [0.2, 0.25) is 0 Å². The molecule has 14 atom stereocenters. The number of fused-ring (bicyclic) bond motifs is 1. The van der Waals surface area contributed by atoms with Crippen LogP contribution in [-0.4, -0.2) is 266 Å². The Morgan fingerprint density at radius 1 is 0.466 bits per heavy atom. The molecule has 1 saturated heterocycles. The minimum absolute atomic E-state index is 0.123. The molecule has 133 heavy (non-hydrogen) atoms. The van der Waals surface area contributed by atoms with Crippen molar-refractivity contribution < 1.29 is 102 Å². The van der Waals surface area contributed by atoms with E-state index in [4.69, 9.17) is 17.2 Å². The fourth-order valence-electron chi connectivity index (χ4n) is 14.5. The molecule has 0 radical (unpaired) electrons. The van der Waals surface area contributed by atoms with E-state index in [0.29, 0.717) is 39.4 Å². The van der Waals surface area contributed by atoms with Crippen molar-refractivity contribution in [2.75, 3.05) is 45.3 Å². The van der Waals surface area contributed by atoms with Gasteiger partial charge in [-0.1, -0.05) is 171 Å². The molecule has 1 aromatic heterocycles. The van der Waals surface area contributed by atoms with E-state index >= 15 is 28.8 Å². The molecule has 41 heteroatoms. The number of aliphatic carboxylic acids is 1. The average Bonchev–Trinajstić information content (AvgIpc) is 0.984. The van der Waals surface area contributed by atoms with E-state index in [9.17, 15) is 72.9 Å². The number of thioether (sulfide) groups is 1. The standard InChI is InChI=1S/C92H123N19O21S/c1-48(2)34-62-80(120)102-66(37-54-26-30-57(31-27-54)56-22-16-13-17-23-56)87(127)109-78(51(7)8)92(132)111(11)52(9)91(131)110(10)44-74(115)97-68(40-73(94)114)84(124)100-63(35-49(3)4)86(126)108-77(50(5)6)90(130)106-71(45-112)88(128)107-72(89(129)105-70(42-93)79(95)119)46-133-47-75(116)98-64(36-53-20-14-12-15-21-53)81(121)101-65(38-55-28-32-59(113)33-29-55)82(122)104-69(41-76(117)118)85(125)103-67(83(123)99-62)39-58-43-96-61-25-19-18-24-60(58)61/h12-33,43,48-52,62-72,77-78,96,112-113H,34-42,44-47,93H2,1-11H3,(H2,94,114)(H2,95,119)(H,97,115)(H,98,116)(H,99,123)(H,100,124)(H,101,121)(H,102,120)(H,103,125)(H,104,122)(H,105,129)(H,106,130)(H,107,128)(H,108,126)(H,109,127)(H,117,118)/t52-,62-,63-,64-,65-,66-,67-,68-,69-,70-,71-,72-,77-,78-/m0/s1. The molecule has 0 unspecified atom stereocenters. The number of aliphatic hydroxyl groups is 1. The number of para-hydroxylation sites is 1. The molecule has 0 bridgehead atoms. The number of nitrogens with one attached hydrogen (secondary N) is 14. The minimum Gasteiger partial charge on any atom is -0.508 e. The largest absolute Gasteiger partial charge is 0.508 e. The van der Waals surface area contributed by atoms with Crippen LogP contribution in [0.3, 0.4) is 0 Å². The van der Waals surface area contributed by atoms with Gasteiger partial charge in [-0.2, -0.15) is 0 Å². The molecule has 40 nitrogen and oxygen atoms in total. The highest BCUT2D eigenvalue weighted by Crippen LogP contribution is 2.24. The Bertz CT molecular complexity index is 5100. The smallest absolute Gasteiger partial charge is 0.305 e. The minimum atomic E-state index is -2.07. The first kappa shape index (κ1) is 106. The zero-order chi connectivity index (χ0) is 98.2. The Morgan fingerprint density at radius 2 is 0.887 bits per heavy atom. The Kier molecular flexibility index (Phi) is 40.8. The molecule has 17 amide bonds. The summed E-state index contributed by atoms with van der Waals surface area (Å²) in [6.45, 7) is 11.9. The zero-order valence-electron chi connectivity index (χ0n) is 76.1. The molecular formula is C92H123N19O21S. The number of carbonyl (C=O) groups is 18. The molecule has 2 heterocycles. The third-order valence-corrected chi connectivity index (χ3v) is 23.0. The number of phenols is 1. The number of aliphatic hydroxyl groups excluding tert-OH is 1. The summed E-state index contributed by atoms with van der Waals surface area (Å²) < 4.78 is 0. The van der Waals surface area contributed by atoms with Crippen LogP contribution in [0.15, 0.2) is 140 Å². The summed E-state index contributed by atoms with van der Waals surface area (Å²) >= 11 is 0.679. The van der Waals surface area contributed by atoms with Crippen LogP contribution in [0.5, 0.6) is 5.75 Å². The van der Waals surface area contributed by atoms with Gasteiger partial charge in [-0.05, 0) is 95.0 Å². The van der Waals surface area contributed by atoms with Gasteiger partial charge in [0.15, 0.2) is 0 Å². The number of hydrogen-bond acceptors (Lipinski definition) is 22. The number of likely N-dealkylation sites (N-methyl/N-ethyl adjacent to an activating group) is 2. The van der Waals surface area contributed by atoms with Crippen LogP contribution in [0.1, 0.15) is 110 Å². The number of rotatable bonds is 24. The van der Waals surface area contributed by atoms with E-state index in [1.165, 1.54) is 59.1 Å². The second kappa shape index (κ2) is 51.1. The van der Waals surface area contributed by atoms with Crippen LogP contribution < -0.4 is 86.3 Å². The number of benzene rings is 5. The highest BCUT2D eigenvalue weighted by Gasteiger charge is 2.41. The predicted octanol–water partition coefficient (Wildman–Crippen LogP) is -1.64. The maximum Gasteiger partial charge on any atom is 0.305 e. The number of amides is 17. The van der Waals surface area contributed by atoms with Crippen molar-refractivity contribution in [1.29, 1.82) is 0 Å². The number of carboxylic acid groups (broad SMARTS) is 1. The molecule has 0 saturated carbocycles. The Balaban J connectivity index is 1.31. The SMILES string of the molecule is CC(C)C[C@@H]1NC(=O)[C@H](Cc2c[nH]c3ccccc23)NC(=O)[C@H](CC(=O)O)NC(=O)[C@H](Cc2ccc(O)cc2)NC(=O)[C@H](Cc2ccccc2)NC(=O)CSC[C@@H](C(=O)N[C@@H](CN)C(N)=O)NC(=O)[C@H](CO)NC(=O)[C@H](C(C)C)NC(=O)[C@H](CC(C)C)NC(=O)[C@H](CC(N)=O)NC(=O)CN(C)C(=O)[C@H](C)N(C)C(=O)[C@H](C(C)C)NC(=O)[C@H](Cc2ccc(-c3ccccc3)cc2)NC1=O. The van der Waals surface area contributed by atoms with Crippen LogP contribution in [0, 0.1) is 23.7 Å². The first-order valence-electron chi connectivity index (χ1n) is 43.6. The van der Waals surface area contributed by atoms with Crippen molar-refractivity contribution in [3.8, 4) is 16.9 Å². The normalized spacial score (nSPS) is 23.1. The third kappa shape index (κ3) is 32.9. The van der Waals surface area contributed by atoms with E-state index in [1.807, 2.05) is 30.3 Å². The van der Waals surface area contributed by atoms with Crippen molar-refractivity contribution >= 4 is 129 Å². The van der Waals surface area contributed by atoms with Crippen LogP contribution >= 0.6 is 11.8 Å². The molecule has 7 rings (SSSR count). The zero-order valence-corrected chi connectivity index (χ0v) is 76.9. The number of carbonyl (C=O) groups excluding carboxylic acids is 17. The van der Waals surface area contributed by atoms with Gasteiger partial charge in [0.1, 0.15) is 90.3 Å². The summed E-state index contributed by atoms with van der Waals surface area (Å²) in [5.74, 6) is -23.1. The number of nitrogens with two attached hydrogens (primary N) is 3. The molecule has 23 N–H and O–H groups in total. The number of carboxylic acids is 1.